The van der Waals surface area contributed by atoms with E-state index in [9.17, 15) is 13.6 Å². The molecule has 4 rings (SSSR count). The lowest BCUT2D eigenvalue weighted by molar-refractivity contribution is -0.121. The molecule has 2 aromatic heterocycles. The molecule has 1 saturated heterocycles. The first kappa shape index (κ1) is 22.6. The van der Waals surface area contributed by atoms with Gasteiger partial charge in [-0.05, 0) is 55.4 Å². The quantitative estimate of drug-likeness (QED) is 0.503. The van der Waals surface area contributed by atoms with E-state index in [1.807, 2.05) is 6.07 Å². The molecule has 3 aromatic rings. The Kier molecular flexibility index (Phi) is 7.32. The van der Waals surface area contributed by atoms with Gasteiger partial charge >= 0.3 is 0 Å². The number of thiophene rings is 1. The minimum Gasteiger partial charge on any atom is -0.441 e. The SMILES string of the molecule is CC1CCN(C(CNC(=O)CCc2ncc(-c3c(F)cccc3F)o2)c2cccs2)CC1. The van der Waals surface area contributed by atoms with Crippen molar-refractivity contribution in [2.24, 2.45) is 5.92 Å². The van der Waals surface area contributed by atoms with Crippen LogP contribution in [0.15, 0.2) is 46.3 Å². The van der Waals surface area contributed by atoms with Gasteiger partial charge in [-0.2, -0.15) is 0 Å². The monoisotopic (exact) mass is 459 g/mol. The van der Waals surface area contributed by atoms with Crippen LogP contribution in [0.25, 0.3) is 11.3 Å². The van der Waals surface area contributed by atoms with E-state index in [0.29, 0.717) is 6.54 Å². The van der Waals surface area contributed by atoms with Gasteiger partial charge in [-0.15, -0.1) is 11.3 Å². The number of nitrogens with zero attached hydrogens (tertiary/aromatic N) is 2. The number of benzene rings is 1. The third kappa shape index (κ3) is 5.42. The highest BCUT2D eigenvalue weighted by molar-refractivity contribution is 7.10. The summed E-state index contributed by atoms with van der Waals surface area (Å²) in [6.45, 7) is 4.90. The van der Waals surface area contributed by atoms with E-state index >= 15 is 0 Å². The first-order chi connectivity index (χ1) is 15.5. The Labute approximate surface area is 190 Å². The number of amides is 1. The van der Waals surface area contributed by atoms with Gasteiger partial charge in [-0.25, -0.2) is 13.8 Å². The molecule has 0 aliphatic carbocycles. The van der Waals surface area contributed by atoms with Crippen molar-refractivity contribution >= 4 is 17.2 Å². The molecule has 170 valence electrons. The number of hydrogen-bond donors (Lipinski definition) is 1. The smallest absolute Gasteiger partial charge is 0.220 e. The number of oxazole rings is 1. The molecule has 1 atom stereocenters. The molecule has 1 N–H and O–H groups in total. The normalized spacial score (nSPS) is 16.2. The number of carbonyl (C=O) groups is 1. The fraction of sp³-hybridized carbons (Fsp3) is 0.417. The van der Waals surface area contributed by atoms with Gasteiger partial charge < -0.3 is 9.73 Å². The second-order valence-electron chi connectivity index (χ2n) is 8.27. The highest BCUT2D eigenvalue weighted by atomic mass is 32.1. The number of nitrogens with one attached hydrogen (secondary N) is 1. The lowest BCUT2D eigenvalue weighted by Gasteiger charge is -2.36. The molecular weight excluding hydrogens is 432 g/mol. The third-order valence-corrected chi connectivity index (χ3v) is 6.93. The predicted octanol–water partition coefficient (Wildman–Crippen LogP) is 5.20. The van der Waals surface area contributed by atoms with Crippen LogP contribution in [-0.4, -0.2) is 35.4 Å². The Morgan fingerprint density at radius 2 is 2.00 bits per heavy atom. The summed E-state index contributed by atoms with van der Waals surface area (Å²) in [5.74, 6) is -0.484. The number of hydrogen-bond acceptors (Lipinski definition) is 5. The number of likely N-dealkylation sites (tertiary alicyclic amines) is 1. The maximum atomic E-state index is 13.9. The molecule has 1 amide bonds. The summed E-state index contributed by atoms with van der Waals surface area (Å²) in [5, 5.41) is 5.11. The molecule has 1 aliphatic rings. The van der Waals surface area contributed by atoms with E-state index < -0.39 is 11.6 Å². The van der Waals surface area contributed by atoms with Crippen LogP contribution in [-0.2, 0) is 11.2 Å². The summed E-state index contributed by atoms with van der Waals surface area (Å²) in [7, 11) is 0. The fourth-order valence-electron chi connectivity index (χ4n) is 4.02. The van der Waals surface area contributed by atoms with Gasteiger partial charge in [0.2, 0.25) is 5.91 Å². The number of halogens is 2. The van der Waals surface area contributed by atoms with Crippen molar-refractivity contribution in [2.75, 3.05) is 19.6 Å². The molecule has 1 aromatic carbocycles. The van der Waals surface area contributed by atoms with Crippen molar-refractivity contribution < 1.29 is 18.0 Å². The standard InChI is InChI=1S/C24H27F2N3O2S/c1-16-9-11-29(12-10-16)19(21-6-3-13-32-21)14-27-22(30)7-8-23-28-15-20(31-23)24-17(25)4-2-5-18(24)26/h2-6,13,15-16,19H,7-12,14H2,1H3,(H,27,30). The van der Waals surface area contributed by atoms with Crippen molar-refractivity contribution in [3.8, 4) is 11.3 Å². The number of rotatable bonds is 8. The Morgan fingerprint density at radius 1 is 1.25 bits per heavy atom. The van der Waals surface area contributed by atoms with Crippen LogP contribution in [0.5, 0.6) is 0 Å². The van der Waals surface area contributed by atoms with Crippen LogP contribution < -0.4 is 5.32 Å². The summed E-state index contributed by atoms with van der Waals surface area (Å²) < 4.78 is 33.4. The molecular formula is C24H27F2N3O2S. The molecule has 0 saturated carbocycles. The second-order valence-corrected chi connectivity index (χ2v) is 9.25. The number of piperidine rings is 1. The zero-order chi connectivity index (χ0) is 22.5. The van der Waals surface area contributed by atoms with Crippen molar-refractivity contribution in [3.05, 3.63) is 64.3 Å². The highest BCUT2D eigenvalue weighted by Gasteiger charge is 2.26. The van der Waals surface area contributed by atoms with Crippen LogP contribution in [0, 0.1) is 17.6 Å². The fourth-order valence-corrected chi connectivity index (χ4v) is 4.89. The van der Waals surface area contributed by atoms with Crippen molar-refractivity contribution in [1.29, 1.82) is 0 Å². The van der Waals surface area contributed by atoms with E-state index in [2.05, 4.69) is 33.6 Å². The number of aryl methyl sites for hydroxylation is 1. The summed E-state index contributed by atoms with van der Waals surface area (Å²) in [6.07, 6.45) is 4.08. The summed E-state index contributed by atoms with van der Waals surface area (Å²) in [5.41, 5.74) is -0.245. The van der Waals surface area contributed by atoms with E-state index in [-0.39, 0.29) is 42.0 Å². The first-order valence-electron chi connectivity index (χ1n) is 10.9. The third-order valence-electron chi connectivity index (χ3n) is 5.95. The predicted molar refractivity (Wildman–Crippen MR) is 120 cm³/mol. The molecule has 1 unspecified atom stereocenters. The lowest BCUT2D eigenvalue weighted by Crippen LogP contribution is -2.41. The van der Waals surface area contributed by atoms with Crippen LogP contribution in [0.1, 0.15) is 43.0 Å². The van der Waals surface area contributed by atoms with Crippen molar-refractivity contribution in [1.82, 2.24) is 15.2 Å². The van der Waals surface area contributed by atoms with Crippen LogP contribution in [0.3, 0.4) is 0 Å². The second kappa shape index (κ2) is 10.4. The Hall–Kier alpha value is -2.58. The van der Waals surface area contributed by atoms with Gasteiger partial charge in [0.05, 0.1) is 17.8 Å². The van der Waals surface area contributed by atoms with Crippen molar-refractivity contribution in [3.63, 3.8) is 0 Å². The van der Waals surface area contributed by atoms with Crippen LogP contribution in [0.4, 0.5) is 8.78 Å². The van der Waals surface area contributed by atoms with E-state index in [1.54, 1.807) is 11.3 Å². The number of carbonyl (C=O) groups excluding carboxylic acids is 1. The average molecular weight is 460 g/mol. The first-order valence-corrected chi connectivity index (χ1v) is 11.8. The maximum absolute atomic E-state index is 13.9. The van der Waals surface area contributed by atoms with E-state index in [4.69, 9.17) is 4.42 Å². The summed E-state index contributed by atoms with van der Waals surface area (Å²) in [6, 6.07) is 7.96. The minimum atomic E-state index is -0.711. The van der Waals surface area contributed by atoms with Gasteiger partial charge in [0.25, 0.3) is 0 Å². The summed E-state index contributed by atoms with van der Waals surface area (Å²) >= 11 is 1.71. The molecule has 0 spiro atoms. The van der Waals surface area contributed by atoms with Crippen LogP contribution in [0.2, 0.25) is 0 Å². The molecule has 1 aliphatic heterocycles. The highest BCUT2D eigenvalue weighted by Crippen LogP contribution is 2.29. The topological polar surface area (TPSA) is 58.4 Å². The molecule has 0 bridgehead atoms. The molecule has 5 nitrogen and oxygen atoms in total. The minimum absolute atomic E-state index is 0.0214. The zero-order valence-corrected chi connectivity index (χ0v) is 18.8. The summed E-state index contributed by atoms with van der Waals surface area (Å²) in [4.78, 5) is 20.3. The molecule has 0 radical (unpaired) electrons. The van der Waals surface area contributed by atoms with Crippen molar-refractivity contribution in [2.45, 2.75) is 38.6 Å². The Balaban J connectivity index is 1.32. The average Bonchev–Trinajstić information content (AvgIpc) is 3.46. The molecule has 1 fully saturated rings. The number of aromatic nitrogens is 1. The Morgan fingerprint density at radius 3 is 2.69 bits per heavy atom. The van der Waals surface area contributed by atoms with Crippen LogP contribution >= 0.6 is 11.3 Å². The lowest BCUT2D eigenvalue weighted by atomic mass is 9.97. The van der Waals surface area contributed by atoms with Gasteiger partial charge in [-0.3, -0.25) is 9.69 Å². The van der Waals surface area contributed by atoms with E-state index in [0.717, 1.165) is 19.0 Å². The van der Waals surface area contributed by atoms with E-state index in [1.165, 1.54) is 42.1 Å². The van der Waals surface area contributed by atoms with Gasteiger partial charge in [0.1, 0.15) is 11.6 Å². The largest absolute Gasteiger partial charge is 0.441 e. The van der Waals surface area contributed by atoms with Gasteiger partial charge in [0, 0.05) is 24.3 Å². The van der Waals surface area contributed by atoms with Gasteiger partial charge in [-0.1, -0.05) is 19.1 Å². The molecule has 32 heavy (non-hydrogen) atoms. The molecule has 8 heteroatoms. The maximum Gasteiger partial charge on any atom is 0.220 e. The zero-order valence-electron chi connectivity index (χ0n) is 18.0. The Bertz CT molecular complexity index is 1010. The molecule has 3 heterocycles. The van der Waals surface area contributed by atoms with Gasteiger partial charge in [0.15, 0.2) is 11.7 Å².